The minimum atomic E-state index is -0.107. The summed E-state index contributed by atoms with van der Waals surface area (Å²) < 4.78 is 1.93. The fraction of sp³-hybridized carbons (Fsp3) is 0.353. The number of hydrogen-bond acceptors (Lipinski definition) is 4. The Morgan fingerprint density at radius 2 is 2.17 bits per heavy atom. The van der Waals surface area contributed by atoms with E-state index in [4.69, 9.17) is 5.26 Å². The van der Waals surface area contributed by atoms with Gasteiger partial charge >= 0.3 is 0 Å². The quantitative estimate of drug-likeness (QED) is 0.939. The topological polar surface area (TPSA) is 74.0 Å². The highest BCUT2D eigenvalue weighted by Crippen LogP contribution is 2.23. The number of benzene rings is 1. The summed E-state index contributed by atoms with van der Waals surface area (Å²) in [4.78, 5) is 13.4. The van der Waals surface area contributed by atoms with E-state index in [1.807, 2.05) is 41.2 Å². The first-order valence-corrected chi connectivity index (χ1v) is 7.68. The van der Waals surface area contributed by atoms with Crippen molar-refractivity contribution in [1.82, 2.24) is 14.7 Å². The maximum absolute atomic E-state index is 11.1. The van der Waals surface area contributed by atoms with E-state index in [2.05, 4.69) is 21.4 Å². The number of likely N-dealkylation sites (tertiary alicyclic amines) is 1. The largest absolute Gasteiger partial charge is 0.309 e. The molecule has 0 spiro atoms. The lowest BCUT2D eigenvalue weighted by Gasteiger charge is -2.16. The van der Waals surface area contributed by atoms with E-state index in [1.165, 1.54) is 12.5 Å². The molecule has 2 aromatic rings. The van der Waals surface area contributed by atoms with Gasteiger partial charge in [0.25, 0.3) is 0 Å². The summed E-state index contributed by atoms with van der Waals surface area (Å²) in [5.41, 5.74) is 1.90. The second kappa shape index (κ2) is 6.63. The molecule has 1 aromatic heterocycles. The van der Waals surface area contributed by atoms with Crippen molar-refractivity contribution in [3.63, 3.8) is 0 Å². The Morgan fingerprint density at radius 1 is 1.39 bits per heavy atom. The van der Waals surface area contributed by atoms with Crippen LogP contribution in [-0.4, -0.2) is 33.7 Å². The van der Waals surface area contributed by atoms with E-state index in [9.17, 15) is 4.79 Å². The van der Waals surface area contributed by atoms with Gasteiger partial charge in [-0.3, -0.25) is 14.4 Å². The van der Waals surface area contributed by atoms with Crippen LogP contribution in [0.3, 0.4) is 0 Å². The molecule has 118 valence electrons. The van der Waals surface area contributed by atoms with Crippen molar-refractivity contribution in [1.29, 1.82) is 5.26 Å². The molecule has 1 saturated heterocycles. The first-order chi connectivity index (χ1) is 11.1. The van der Waals surface area contributed by atoms with Gasteiger partial charge in [0.05, 0.1) is 17.7 Å². The number of anilines is 1. The third kappa shape index (κ3) is 3.76. The molecule has 0 saturated carbocycles. The summed E-state index contributed by atoms with van der Waals surface area (Å²) in [5, 5.41) is 16.0. The normalized spacial score (nSPS) is 17.8. The van der Waals surface area contributed by atoms with E-state index in [1.54, 1.807) is 0 Å². The van der Waals surface area contributed by atoms with E-state index in [0.29, 0.717) is 17.4 Å². The Balaban J connectivity index is 1.58. The average Bonchev–Trinajstić information content (AvgIpc) is 3.17. The highest BCUT2D eigenvalue weighted by atomic mass is 16.1. The van der Waals surface area contributed by atoms with E-state index in [-0.39, 0.29) is 5.91 Å². The van der Waals surface area contributed by atoms with Crippen LogP contribution in [0.25, 0.3) is 0 Å². The highest BCUT2D eigenvalue weighted by molar-refractivity contribution is 5.87. The first-order valence-electron chi connectivity index (χ1n) is 7.68. The second-order valence-electron chi connectivity index (χ2n) is 5.85. The summed E-state index contributed by atoms with van der Waals surface area (Å²) in [6.07, 6.45) is 2.96. The van der Waals surface area contributed by atoms with Crippen LogP contribution in [0.5, 0.6) is 0 Å². The predicted molar refractivity (Wildman–Crippen MR) is 86.6 cm³/mol. The summed E-state index contributed by atoms with van der Waals surface area (Å²) in [5.74, 6) is 0.493. The molecule has 6 nitrogen and oxygen atoms in total. The minimum Gasteiger partial charge on any atom is -0.309 e. The standard InChI is InChI=1S/C17H19N5O/c1-13(23)19-17-7-9-22(20-17)16-6-8-21(12-16)11-15-4-2-14(10-18)3-5-15/h2-5,7,9,16H,6,8,11-12H2,1H3,(H,19,20,23)/t16-/m1/s1. The molecule has 1 N–H and O–H groups in total. The lowest BCUT2D eigenvalue weighted by Crippen LogP contribution is -2.21. The average molecular weight is 309 g/mol. The van der Waals surface area contributed by atoms with Crippen LogP contribution >= 0.6 is 0 Å². The number of carbonyl (C=O) groups excluding carboxylic acids is 1. The molecule has 1 amide bonds. The minimum absolute atomic E-state index is 0.107. The Hall–Kier alpha value is -2.65. The summed E-state index contributed by atoms with van der Waals surface area (Å²) >= 11 is 0. The molecule has 0 aliphatic carbocycles. The van der Waals surface area contributed by atoms with Crippen LogP contribution in [0.15, 0.2) is 36.5 Å². The SMILES string of the molecule is CC(=O)Nc1ccn([C@@H]2CCN(Cc3ccc(C#N)cc3)C2)n1. The third-order valence-corrected chi connectivity index (χ3v) is 4.02. The van der Waals surface area contributed by atoms with Gasteiger partial charge in [0, 0.05) is 38.8 Å². The monoisotopic (exact) mass is 309 g/mol. The molecular weight excluding hydrogens is 290 g/mol. The molecule has 1 aliphatic heterocycles. The number of nitrogens with one attached hydrogen (secondary N) is 1. The van der Waals surface area contributed by atoms with E-state index >= 15 is 0 Å². The molecule has 0 radical (unpaired) electrons. The lowest BCUT2D eigenvalue weighted by atomic mass is 10.1. The molecule has 0 bridgehead atoms. The van der Waals surface area contributed by atoms with Gasteiger partial charge in [-0.15, -0.1) is 0 Å². The van der Waals surface area contributed by atoms with Crippen molar-refractivity contribution in [2.45, 2.75) is 25.9 Å². The van der Waals surface area contributed by atoms with Gasteiger partial charge in [-0.2, -0.15) is 10.4 Å². The van der Waals surface area contributed by atoms with Crippen molar-refractivity contribution in [3.8, 4) is 6.07 Å². The smallest absolute Gasteiger partial charge is 0.222 e. The van der Waals surface area contributed by atoms with Gasteiger partial charge in [0.15, 0.2) is 5.82 Å². The fourth-order valence-corrected chi connectivity index (χ4v) is 2.90. The van der Waals surface area contributed by atoms with E-state index in [0.717, 1.165) is 26.1 Å². The zero-order valence-corrected chi connectivity index (χ0v) is 13.1. The number of nitrogens with zero attached hydrogens (tertiary/aromatic N) is 4. The Kier molecular flexibility index (Phi) is 4.40. The summed E-state index contributed by atoms with van der Waals surface area (Å²) in [6.45, 7) is 4.30. The molecule has 0 unspecified atom stereocenters. The zero-order chi connectivity index (χ0) is 16.2. The second-order valence-corrected chi connectivity index (χ2v) is 5.85. The Labute approximate surface area is 135 Å². The van der Waals surface area contributed by atoms with Crippen LogP contribution in [0.2, 0.25) is 0 Å². The molecular formula is C17H19N5O. The lowest BCUT2D eigenvalue weighted by molar-refractivity contribution is -0.114. The number of aromatic nitrogens is 2. The molecule has 2 heterocycles. The molecule has 6 heteroatoms. The number of carbonyl (C=O) groups is 1. The third-order valence-electron chi connectivity index (χ3n) is 4.02. The number of nitriles is 1. The van der Waals surface area contributed by atoms with Crippen LogP contribution in [-0.2, 0) is 11.3 Å². The molecule has 1 aromatic carbocycles. The van der Waals surface area contributed by atoms with Crippen LogP contribution in [0.1, 0.15) is 30.5 Å². The highest BCUT2D eigenvalue weighted by Gasteiger charge is 2.24. The van der Waals surface area contributed by atoms with Crippen LogP contribution < -0.4 is 5.32 Å². The van der Waals surface area contributed by atoms with Crippen molar-refractivity contribution in [2.75, 3.05) is 18.4 Å². The maximum Gasteiger partial charge on any atom is 0.222 e. The van der Waals surface area contributed by atoms with Gasteiger partial charge in [-0.05, 0) is 24.1 Å². The van der Waals surface area contributed by atoms with Crippen molar-refractivity contribution in [2.24, 2.45) is 0 Å². The maximum atomic E-state index is 11.1. The van der Waals surface area contributed by atoms with E-state index < -0.39 is 0 Å². The fourth-order valence-electron chi connectivity index (χ4n) is 2.90. The van der Waals surface area contributed by atoms with Crippen LogP contribution in [0.4, 0.5) is 5.82 Å². The Bertz CT molecular complexity index is 728. The van der Waals surface area contributed by atoms with Gasteiger partial charge in [0.2, 0.25) is 5.91 Å². The Morgan fingerprint density at radius 3 is 2.87 bits per heavy atom. The number of rotatable bonds is 4. The molecule has 1 atom stereocenters. The summed E-state index contributed by atoms with van der Waals surface area (Å²) in [6, 6.07) is 12.0. The molecule has 1 fully saturated rings. The van der Waals surface area contributed by atoms with Gasteiger partial charge in [0.1, 0.15) is 0 Å². The molecule has 1 aliphatic rings. The van der Waals surface area contributed by atoms with Crippen molar-refractivity contribution >= 4 is 11.7 Å². The predicted octanol–water partition coefficient (Wildman–Crippen LogP) is 2.16. The number of amides is 1. The summed E-state index contributed by atoms with van der Waals surface area (Å²) in [7, 11) is 0. The first kappa shape index (κ1) is 15.3. The van der Waals surface area contributed by atoms with Crippen molar-refractivity contribution < 1.29 is 4.79 Å². The van der Waals surface area contributed by atoms with Crippen molar-refractivity contribution in [3.05, 3.63) is 47.7 Å². The molecule has 23 heavy (non-hydrogen) atoms. The zero-order valence-electron chi connectivity index (χ0n) is 13.1. The van der Waals surface area contributed by atoms with Gasteiger partial charge in [-0.1, -0.05) is 12.1 Å². The van der Waals surface area contributed by atoms with Crippen LogP contribution in [0, 0.1) is 11.3 Å². The van der Waals surface area contributed by atoms with Gasteiger partial charge in [-0.25, -0.2) is 0 Å². The number of hydrogen-bond donors (Lipinski definition) is 1. The van der Waals surface area contributed by atoms with Gasteiger partial charge < -0.3 is 5.32 Å². The molecule has 3 rings (SSSR count).